The minimum Gasteiger partial charge on any atom is -0.228 e. The van der Waals surface area contributed by atoms with E-state index < -0.39 is 25.1 Å². The number of rotatable bonds is 2. The predicted octanol–water partition coefficient (Wildman–Crippen LogP) is 0.247. The Morgan fingerprint density at radius 3 is 2.33 bits per heavy atom. The molecular weight excluding hydrogens is 274 g/mol. The fourth-order valence-electron chi connectivity index (χ4n) is 2.68. The van der Waals surface area contributed by atoms with Crippen LogP contribution in [0.15, 0.2) is 35.2 Å². The van der Waals surface area contributed by atoms with Gasteiger partial charge in [0.15, 0.2) is 9.84 Å². The summed E-state index contributed by atoms with van der Waals surface area (Å²) in [6.07, 6.45) is 0.439. The summed E-state index contributed by atoms with van der Waals surface area (Å²) in [5.74, 6) is -0.0380. The van der Waals surface area contributed by atoms with Gasteiger partial charge in [0.05, 0.1) is 15.9 Å². The van der Waals surface area contributed by atoms with Crippen molar-refractivity contribution in [1.82, 2.24) is 4.31 Å². The van der Waals surface area contributed by atoms with Gasteiger partial charge in [-0.2, -0.15) is 4.31 Å². The third-order valence-electron chi connectivity index (χ3n) is 3.61. The van der Waals surface area contributed by atoms with Gasteiger partial charge in [-0.1, -0.05) is 18.2 Å². The molecule has 7 heteroatoms. The van der Waals surface area contributed by atoms with Crippen LogP contribution in [0.25, 0.3) is 0 Å². The number of nitrogens with zero attached hydrogens (tertiary/aromatic N) is 1. The average molecular weight is 287 g/mol. The van der Waals surface area contributed by atoms with Gasteiger partial charge in [0.25, 0.3) is 0 Å². The molecule has 0 saturated carbocycles. The molecule has 0 spiro atoms. The Hall–Kier alpha value is -0.920. The maximum Gasteiger partial charge on any atom is 0.243 e. The number of hydrogen-bond acceptors (Lipinski definition) is 4. The lowest BCUT2D eigenvalue weighted by atomic mass is 10.3. The molecule has 0 aliphatic carbocycles. The lowest BCUT2D eigenvalue weighted by Crippen LogP contribution is -2.43. The van der Waals surface area contributed by atoms with E-state index in [2.05, 4.69) is 0 Å². The van der Waals surface area contributed by atoms with E-state index in [1.54, 1.807) is 18.2 Å². The summed E-state index contributed by atoms with van der Waals surface area (Å²) in [6, 6.07) is 7.77. The monoisotopic (exact) mass is 287 g/mol. The van der Waals surface area contributed by atoms with Crippen molar-refractivity contribution in [3.05, 3.63) is 30.3 Å². The Morgan fingerprint density at radius 1 is 1.17 bits per heavy atom. The van der Waals surface area contributed by atoms with Crippen LogP contribution in [-0.2, 0) is 19.9 Å². The summed E-state index contributed by atoms with van der Waals surface area (Å²) in [6.45, 7) is 0.101. The Bertz CT molecular complexity index is 666. The molecule has 1 aromatic rings. The maximum atomic E-state index is 12.4. The number of hydrogen-bond donors (Lipinski definition) is 0. The van der Waals surface area contributed by atoms with Gasteiger partial charge in [-0.15, -0.1) is 0 Å². The average Bonchev–Trinajstić information content (AvgIpc) is 2.86. The van der Waals surface area contributed by atoms with Crippen molar-refractivity contribution in [2.45, 2.75) is 22.6 Å². The van der Waals surface area contributed by atoms with Gasteiger partial charge < -0.3 is 0 Å². The number of sulfonamides is 1. The lowest BCUT2D eigenvalue weighted by Gasteiger charge is -2.25. The van der Waals surface area contributed by atoms with Crippen LogP contribution in [0.5, 0.6) is 0 Å². The van der Waals surface area contributed by atoms with Gasteiger partial charge in [-0.25, -0.2) is 16.8 Å². The summed E-state index contributed by atoms with van der Waals surface area (Å²) in [7, 11) is -6.62. The van der Waals surface area contributed by atoms with E-state index in [4.69, 9.17) is 0 Å². The van der Waals surface area contributed by atoms with E-state index >= 15 is 0 Å². The van der Waals surface area contributed by atoms with Crippen molar-refractivity contribution in [3.8, 4) is 0 Å². The highest BCUT2D eigenvalue weighted by Gasteiger charge is 2.52. The van der Waals surface area contributed by atoms with Crippen molar-refractivity contribution in [3.63, 3.8) is 0 Å². The molecule has 3 rings (SSSR count). The molecule has 2 aliphatic heterocycles. The van der Waals surface area contributed by atoms with Gasteiger partial charge in [0.1, 0.15) is 0 Å². The number of sulfone groups is 1. The zero-order valence-electron chi connectivity index (χ0n) is 9.56. The normalized spacial score (nSPS) is 30.7. The zero-order chi connectivity index (χ0) is 13.0. The first-order valence-corrected chi connectivity index (χ1v) is 8.85. The van der Waals surface area contributed by atoms with Crippen LogP contribution < -0.4 is 0 Å². The topological polar surface area (TPSA) is 71.5 Å². The number of benzene rings is 1. The van der Waals surface area contributed by atoms with Gasteiger partial charge in [-0.05, 0) is 18.6 Å². The second-order valence-electron chi connectivity index (χ2n) is 4.73. The molecule has 0 amide bonds. The molecule has 1 aromatic carbocycles. The van der Waals surface area contributed by atoms with E-state index in [1.165, 1.54) is 16.4 Å². The molecule has 2 heterocycles. The Morgan fingerprint density at radius 2 is 1.83 bits per heavy atom. The molecule has 0 N–H and O–H groups in total. The third-order valence-corrected chi connectivity index (χ3v) is 7.75. The fourth-order valence-corrected chi connectivity index (χ4v) is 6.60. The highest BCUT2D eigenvalue weighted by molar-refractivity contribution is 7.93. The van der Waals surface area contributed by atoms with Crippen molar-refractivity contribution < 1.29 is 16.8 Å². The highest BCUT2D eigenvalue weighted by atomic mass is 32.2. The molecule has 2 saturated heterocycles. The largest absolute Gasteiger partial charge is 0.243 e. The van der Waals surface area contributed by atoms with Crippen molar-refractivity contribution in [1.29, 1.82) is 0 Å². The first-order valence-electron chi connectivity index (χ1n) is 5.70. The standard InChI is InChI=1S/C11H13NO4S2/c13-17(14)8-9-6-11(17)7-12(9)18(15,16)10-4-2-1-3-5-10/h1-5,9,11H,6-8H2. The molecule has 5 nitrogen and oxygen atoms in total. The summed E-state index contributed by atoms with van der Waals surface area (Å²) in [4.78, 5) is 0.231. The molecule has 2 aliphatic rings. The van der Waals surface area contributed by atoms with Crippen LogP contribution in [0, 0.1) is 0 Å². The molecular formula is C11H13NO4S2. The van der Waals surface area contributed by atoms with E-state index in [-0.39, 0.29) is 23.2 Å². The molecule has 98 valence electrons. The van der Waals surface area contributed by atoms with Crippen LogP contribution in [0.1, 0.15) is 6.42 Å². The van der Waals surface area contributed by atoms with Crippen LogP contribution in [0.4, 0.5) is 0 Å². The molecule has 0 radical (unpaired) electrons. The minimum atomic E-state index is -3.55. The predicted molar refractivity (Wildman–Crippen MR) is 66.3 cm³/mol. The zero-order valence-corrected chi connectivity index (χ0v) is 11.2. The SMILES string of the molecule is O=S1(=O)CC2CC1CN2S(=O)(=O)c1ccccc1. The maximum absolute atomic E-state index is 12.4. The van der Waals surface area contributed by atoms with Crippen molar-refractivity contribution in [2.75, 3.05) is 12.3 Å². The number of fused-ring (bicyclic) bond motifs is 2. The second kappa shape index (κ2) is 3.79. The summed E-state index contributed by atoms with van der Waals surface area (Å²) in [5, 5.41) is -0.513. The molecule has 2 bridgehead atoms. The van der Waals surface area contributed by atoms with Gasteiger partial charge in [-0.3, -0.25) is 0 Å². The summed E-state index contributed by atoms with van der Waals surface area (Å²) < 4.78 is 49.3. The molecule has 2 atom stereocenters. The van der Waals surface area contributed by atoms with E-state index in [0.29, 0.717) is 6.42 Å². The van der Waals surface area contributed by atoms with Crippen molar-refractivity contribution in [2.24, 2.45) is 0 Å². The van der Waals surface area contributed by atoms with Crippen LogP contribution in [-0.4, -0.2) is 44.7 Å². The summed E-state index contributed by atoms with van der Waals surface area (Å²) >= 11 is 0. The molecule has 2 fully saturated rings. The second-order valence-corrected chi connectivity index (χ2v) is 8.95. The lowest BCUT2D eigenvalue weighted by molar-refractivity contribution is 0.402. The van der Waals surface area contributed by atoms with Crippen molar-refractivity contribution >= 4 is 19.9 Å². The first-order chi connectivity index (χ1) is 8.41. The Balaban J connectivity index is 1.95. The highest BCUT2D eigenvalue weighted by Crippen LogP contribution is 2.36. The smallest absolute Gasteiger partial charge is 0.228 e. The quantitative estimate of drug-likeness (QED) is 0.781. The van der Waals surface area contributed by atoms with Crippen LogP contribution in [0.2, 0.25) is 0 Å². The third kappa shape index (κ3) is 1.69. The van der Waals surface area contributed by atoms with E-state index in [0.717, 1.165) is 0 Å². The first kappa shape index (κ1) is 12.1. The fraction of sp³-hybridized carbons (Fsp3) is 0.455. The minimum absolute atomic E-state index is 0.0380. The molecule has 18 heavy (non-hydrogen) atoms. The summed E-state index contributed by atoms with van der Waals surface area (Å²) in [5.41, 5.74) is 0. The van der Waals surface area contributed by atoms with E-state index in [9.17, 15) is 16.8 Å². The van der Waals surface area contributed by atoms with Gasteiger partial charge in [0, 0.05) is 12.6 Å². The Kier molecular flexibility index (Phi) is 2.55. The molecule has 0 aromatic heterocycles. The van der Waals surface area contributed by atoms with Crippen LogP contribution >= 0.6 is 0 Å². The van der Waals surface area contributed by atoms with Gasteiger partial charge >= 0.3 is 0 Å². The van der Waals surface area contributed by atoms with Gasteiger partial charge in [0.2, 0.25) is 10.0 Å². The molecule has 2 unspecified atom stereocenters. The Labute approximate surface area is 106 Å². The van der Waals surface area contributed by atoms with Crippen LogP contribution in [0.3, 0.4) is 0 Å². The van der Waals surface area contributed by atoms with E-state index in [1.807, 2.05) is 0 Å².